The second-order valence-corrected chi connectivity index (χ2v) is 8.39. The molecule has 2 aliphatic carbocycles. The Morgan fingerprint density at radius 2 is 1.44 bits per heavy atom. The topological polar surface area (TPSA) is 121 Å². The van der Waals surface area contributed by atoms with Gasteiger partial charge in [-0.3, -0.25) is 9.59 Å². The Kier molecular flexibility index (Phi) is 3.56. The quantitative estimate of drug-likeness (QED) is 0.721. The maximum Gasteiger partial charge on any atom is 0.318 e. The van der Waals surface area contributed by atoms with Gasteiger partial charge >= 0.3 is 10.1 Å². The smallest absolute Gasteiger partial charge is 0.272 e. The first-order chi connectivity index (χ1) is 11.7. The Hall–Kier alpha value is -1.81. The lowest BCUT2D eigenvalue weighted by Gasteiger charge is -2.26. The maximum absolute atomic E-state index is 12.5. The van der Waals surface area contributed by atoms with Crippen molar-refractivity contribution < 1.29 is 32.5 Å². The standard InChI is InChI=1S/C16H15NO7S/c1-7-2-4-8(5-3-7)25(22,23)24-17-15(20)11-9-6-10(12(11)16(17)21)14(19)13(9)18/h2-5,9-14H,6H2,1H3. The van der Waals surface area contributed by atoms with E-state index >= 15 is 0 Å². The van der Waals surface area contributed by atoms with Gasteiger partial charge in [0.25, 0.3) is 11.8 Å². The van der Waals surface area contributed by atoms with E-state index in [0.717, 1.165) is 5.56 Å². The van der Waals surface area contributed by atoms with Crippen molar-refractivity contribution >= 4 is 21.9 Å². The first kappa shape index (κ1) is 16.6. The van der Waals surface area contributed by atoms with Crippen molar-refractivity contribution in [3.05, 3.63) is 29.8 Å². The second kappa shape index (κ2) is 5.34. The minimum absolute atomic E-state index is 0.192. The number of amides is 2. The molecule has 2 amide bonds. The highest BCUT2D eigenvalue weighted by molar-refractivity contribution is 7.86. The molecule has 132 valence electrons. The van der Waals surface area contributed by atoms with Crippen molar-refractivity contribution in [2.75, 3.05) is 0 Å². The zero-order valence-corrected chi connectivity index (χ0v) is 14.0. The summed E-state index contributed by atoms with van der Waals surface area (Å²) in [6.45, 7) is 1.78. The van der Waals surface area contributed by atoms with Gasteiger partial charge in [0.15, 0.2) is 0 Å². The molecule has 25 heavy (non-hydrogen) atoms. The molecule has 2 radical (unpaired) electrons. The molecular formula is C16H15NO7S. The molecule has 1 heterocycles. The Labute approximate surface area is 144 Å². The summed E-state index contributed by atoms with van der Waals surface area (Å²) < 4.78 is 29.4. The molecule has 1 saturated heterocycles. The summed E-state index contributed by atoms with van der Waals surface area (Å²) in [7, 11) is -4.37. The van der Waals surface area contributed by atoms with Crippen LogP contribution in [0.25, 0.3) is 0 Å². The number of nitrogens with zero attached hydrogens (tertiary/aromatic N) is 1. The lowest BCUT2D eigenvalue weighted by Crippen LogP contribution is -2.41. The molecule has 3 aliphatic rings. The van der Waals surface area contributed by atoms with Crippen LogP contribution in [0.15, 0.2) is 29.2 Å². The largest absolute Gasteiger partial charge is 0.318 e. The summed E-state index contributed by atoms with van der Waals surface area (Å²) in [4.78, 5) is 24.8. The van der Waals surface area contributed by atoms with E-state index in [1.165, 1.54) is 12.1 Å². The summed E-state index contributed by atoms with van der Waals surface area (Å²) >= 11 is 0. The second-order valence-electron chi connectivity index (χ2n) is 6.86. The van der Waals surface area contributed by atoms with E-state index in [9.17, 15) is 28.2 Å². The fourth-order valence-electron chi connectivity index (χ4n) is 4.28. The molecule has 8 nitrogen and oxygen atoms in total. The highest BCUT2D eigenvalue weighted by Gasteiger charge is 2.69. The van der Waals surface area contributed by atoms with E-state index in [1.807, 2.05) is 0 Å². The molecule has 4 rings (SSSR count). The fraction of sp³-hybridized carbons (Fsp3) is 0.500. The first-order valence-corrected chi connectivity index (χ1v) is 9.34. The third kappa shape index (κ3) is 2.27. The number of hydrogen-bond acceptors (Lipinski definition) is 5. The van der Waals surface area contributed by atoms with Crippen molar-refractivity contribution in [1.82, 2.24) is 5.06 Å². The third-order valence-electron chi connectivity index (χ3n) is 5.47. The Morgan fingerprint density at radius 1 is 0.960 bits per heavy atom. The Morgan fingerprint density at radius 3 is 1.92 bits per heavy atom. The van der Waals surface area contributed by atoms with Crippen LogP contribution in [0.2, 0.25) is 0 Å². The van der Waals surface area contributed by atoms with Crippen LogP contribution in [0.5, 0.6) is 0 Å². The van der Waals surface area contributed by atoms with Crippen molar-refractivity contribution in [3.8, 4) is 0 Å². The number of fused-ring (bicyclic) bond motifs is 5. The van der Waals surface area contributed by atoms with E-state index in [4.69, 9.17) is 4.28 Å². The SMILES string of the molecule is Cc1ccc(S(=O)(=O)ON2C(=O)C3C4CC(C([O])C4[O])C3C2=O)cc1. The molecule has 2 bridgehead atoms. The predicted octanol–water partition coefficient (Wildman–Crippen LogP) is 0.464. The zero-order valence-electron chi connectivity index (χ0n) is 13.2. The summed E-state index contributed by atoms with van der Waals surface area (Å²) in [6.07, 6.45) is -2.65. The number of hydroxylamine groups is 2. The number of imide groups is 1. The fourth-order valence-corrected chi connectivity index (χ4v) is 5.18. The summed E-state index contributed by atoms with van der Waals surface area (Å²) in [6, 6.07) is 5.73. The number of benzene rings is 1. The number of rotatable bonds is 3. The lowest BCUT2D eigenvalue weighted by molar-refractivity contribution is -0.166. The molecule has 9 heteroatoms. The van der Waals surface area contributed by atoms with E-state index < -0.39 is 57.8 Å². The number of carbonyl (C=O) groups excluding carboxylic acids is 2. The zero-order chi connectivity index (χ0) is 18.1. The summed E-state index contributed by atoms with van der Waals surface area (Å²) in [5.41, 5.74) is 0.835. The van der Waals surface area contributed by atoms with Crippen LogP contribution < -0.4 is 0 Å². The molecule has 6 atom stereocenters. The molecule has 2 saturated carbocycles. The van der Waals surface area contributed by atoms with Gasteiger partial charge in [0.1, 0.15) is 12.2 Å². The average Bonchev–Trinajstić information content (AvgIpc) is 3.16. The molecule has 0 N–H and O–H groups in total. The minimum Gasteiger partial charge on any atom is -0.272 e. The molecule has 3 fully saturated rings. The van der Waals surface area contributed by atoms with Crippen LogP contribution in [-0.2, 0) is 34.2 Å². The lowest BCUT2D eigenvalue weighted by atomic mass is 9.78. The molecule has 0 aromatic heterocycles. The molecule has 6 unspecified atom stereocenters. The van der Waals surface area contributed by atoms with Gasteiger partial charge in [0.05, 0.1) is 16.7 Å². The van der Waals surface area contributed by atoms with E-state index in [0.29, 0.717) is 0 Å². The highest BCUT2D eigenvalue weighted by atomic mass is 32.2. The molecule has 0 spiro atoms. The van der Waals surface area contributed by atoms with Crippen LogP contribution in [0.3, 0.4) is 0 Å². The van der Waals surface area contributed by atoms with Crippen molar-refractivity contribution in [1.29, 1.82) is 0 Å². The maximum atomic E-state index is 12.5. The van der Waals surface area contributed by atoms with Crippen LogP contribution in [0.1, 0.15) is 12.0 Å². The van der Waals surface area contributed by atoms with Gasteiger partial charge in [-0.05, 0) is 25.5 Å². The van der Waals surface area contributed by atoms with Crippen LogP contribution in [0.4, 0.5) is 0 Å². The monoisotopic (exact) mass is 365 g/mol. The van der Waals surface area contributed by atoms with Gasteiger partial charge in [0, 0.05) is 11.8 Å². The Bertz CT molecular complexity index is 818. The average molecular weight is 365 g/mol. The normalized spacial score (nSPS) is 37.0. The predicted molar refractivity (Wildman–Crippen MR) is 78.8 cm³/mol. The van der Waals surface area contributed by atoms with E-state index in [-0.39, 0.29) is 16.4 Å². The first-order valence-electron chi connectivity index (χ1n) is 7.93. The van der Waals surface area contributed by atoms with Crippen molar-refractivity contribution in [3.63, 3.8) is 0 Å². The van der Waals surface area contributed by atoms with Gasteiger partial charge in [-0.25, -0.2) is 10.2 Å². The number of aryl methyl sites for hydroxylation is 1. The van der Waals surface area contributed by atoms with Crippen molar-refractivity contribution in [2.45, 2.75) is 30.4 Å². The number of carbonyl (C=O) groups is 2. The summed E-state index contributed by atoms with van der Waals surface area (Å²) in [5, 5.41) is 24.1. The van der Waals surface area contributed by atoms with Crippen molar-refractivity contribution in [2.24, 2.45) is 23.7 Å². The number of hydrogen-bond donors (Lipinski definition) is 0. The van der Waals surface area contributed by atoms with Gasteiger partial charge < -0.3 is 0 Å². The van der Waals surface area contributed by atoms with Gasteiger partial charge in [-0.15, -0.1) is 9.35 Å². The molecule has 1 aromatic carbocycles. The highest BCUT2D eigenvalue weighted by Crippen LogP contribution is 2.56. The molecule has 1 aliphatic heterocycles. The van der Waals surface area contributed by atoms with E-state index in [2.05, 4.69) is 0 Å². The van der Waals surface area contributed by atoms with Gasteiger partial charge in [-0.2, -0.15) is 8.42 Å². The minimum atomic E-state index is -4.37. The summed E-state index contributed by atoms with van der Waals surface area (Å²) in [5.74, 6) is -5.04. The van der Waals surface area contributed by atoms with Crippen LogP contribution >= 0.6 is 0 Å². The van der Waals surface area contributed by atoms with Crippen LogP contribution in [0, 0.1) is 30.6 Å². The van der Waals surface area contributed by atoms with Crippen LogP contribution in [-0.4, -0.2) is 37.5 Å². The van der Waals surface area contributed by atoms with Gasteiger partial charge in [-0.1, -0.05) is 17.7 Å². The Balaban J connectivity index is 1.61. The van der Waals surface area contributed by atoms with Gasteiger partial charge in [0.2, 0.25) is 0 Å². The molecule has 1 aromatic rings. The third-order valence-corrected chi connectivity index (χ3v) is 6.67. The molecular weight excluding hydrogens is 350 g/mol. The van der Waals surface area contributed by atoms with E-state index in [1.54, 1.807) is 19.1 Å².